The molecule has 0 saturated carbocycles. The highest BCUT2D eigenvalue weighted by atomic mass is 15.1. The van der Waals surface area contributed by atoms with Crippen LogP contribution in [-0.2, 0) is 0 Å². The molecule has 1 aliphatic rings. The smallest absolute Gasteiger partial charge is 0.145 e. The summed E-state index contributed by atoms with van der Waals surface area (Å²) in [5, 5.41) is 5.08. The van der Waals surface area contributed by atoms with Gasteiger partial charge in [-0.2, -0.15) is 0 Å². The van der Waals surface area contributed by atoms with Crippen LogP contribution in [0.4, 0.5) is 0 Å². The molecule has 0 spiro atoms. The molecule has 54 heavy (non-hydrogen) atoms. The number of benzene rings is 8. The minimum Gasteiger partial charge on any atom is -0.292 e. The average Bonchev–Trinajstić information content (AvgIpc) is 3.78. The van der Waals surface area contributed by atoms with Crippen LogP contribution in [0.2, 0.25) is 0 Å². The molecular weight excluding hydrogens is 653 g/mol. The molecule has 9 aromatic rings. The summed E-state index contributed by atoms with van der Waals surface area (Å²) in [6.07, 6.45) is 8.07. The zero-order valence-corrected chi connectivity index (χ0v) is 30.0. The molecule has 0 aliphatic heterocycles. The molecule has 0 atom stereocenters. The largest absolute Gasteiger partial charge is 0.292 e. The lowest BCUT2D eigenvalue weighted by Crippen LogP contribution is -1.98. The molecule has 0 saturated heterocycles. The molecule has 0 unspecified atom stereocenters. The van der Waals surface area contributed by atoms with E-state index in [9.17, 15) is 0 Å². The summed E-state index contributed by atoms with van der Waals surface area (Å²) < 4.78 is 2.21. The fourth-order valence-electron chi connectivity index (χ4n) is 8.60. The average molecular weight is 689 g/mol. The Morgan fingerprint density at radius 1 is 0.519 bits per heavy atom. The molecule has 0 N–H and O–H groups in total. The van der Waals surface area contributed by atoms with E-state index in [0.717, 1.165) is 33.7 Å². The van der Waals surface area contributed by atoms with Gasteiger partial charge in [-0.25, -0.2) is 4.98 Å². The van der Waals surface area contributed by atoms with Crippen molar-refractivity contribution in [2.24, 2.45) is 0 Å². The number of para-hydroxylation sites is 2. The first-order chi connectivity index (χ1) is 26.7. The first-order valence-electron chi connectivity index (χ1n) is 18.5. The van der Waals surface area contributed by atoms with Crippen LogP contribution in [-0.4, -0.2) is 9.55 Å². The van der Waals surface area contributed by atoms with E-state index in [4.69, 9.17) is 4.98 Å². The van der Waals surface area contributed by atoms with Gasteiger partial charge in [-0.15, -0.1) is 0 Å². The summed E-state index contributed by atoms with van der Waals surface area (Å²) in [6.45, 7) is 6.19. The number of hydrogen-bond donors (Lipinski definition) is 0. The van der Waals surface area contributed by atoms with Gasteiger partial charge in [-0.3, -0.25) is 4.57 Å². The third kappa shape index (κ3) is 4.84. The van der Waals surface area contributed by atoms with E-state index >= 15 is 0 Å². The van der Waals surface area contributed by atoms with Gasteiger partial charge in [0.15, 0.2) is 0 Å². The number of fused-ring (bicyclic) bond motifs is 5. The lowest BCUT2D eigenvalue weighted by molar-refractivity contribution is 1.15. The fraction of sp³-hybridized carbons (Fsp3) is 0.0192. The molecule has 0 amide bonds. The molecular formula is C52H36N2. The van der Waals surface area contributed by atoms with Crippen molar-refractivity contribution in [3.63, 3.8) is 0 Å². The standard InChI is InChI=1S/C52H36N2/c1-3-5-24-38(4-2)54-46-30-15-14-29-45(46)53-52(54)37-23-16-22-36(33-37)39-31-32-44-49-40(39)27-17-28-43(49)50-47(34-18-8-6-9-19-34)41-25-12-13-26-42(41)48(51(44)50)35-20-10-7-11-21-35/h3-33H,2H2,1H3/b5-3-,38-24+. The fourth-order valence-corrected chi connectivity index (χ4v) is 8.60. The van der Waals surface area contributed by atoms with Gasteiger partial charge in [0.25, 0.3) is 0 Å². The van der Waals surface area contributed by atoms with Crippen molar-refractivity contribution in [1.82, 2.24) is 9.55 Å². The van der Waals surface area contributed by atoms with Crippen LogP contribution in [0.25, 0.3) is 105 Å². The number of nitrogens with zero attached hydrogens (tertiary/aromatic N) is 2. The van der Waals surface area contributed by atoms with Crippen LogP contribution >= 0.6 is 0 Å². The highest BCUT2D eigenvalue weighted by molar-refractivity contribution is 6.28. The minimum absolute atomic E-state index is 0.888. The summed E-state index contributed by atoms with van der Waals surface area (Å²) in [5.41, 5.74) is 16.6. The number of allylic oxidation sites excluding steroid dienone is 5. The van der Waals surface area contributed by atoms with E-state index < -0.39 is 0 Å². The lowest BCUT2D eigenvalue weighted by Gasteiger charge is -2.20. The molecule has 1 heterocycles. The highest BCUT2D eigenvalue weighted by Crippen LogP contribution is 2.58. The monoisotopic (exact) mass is 688 g/mol. The normalized spacial score (nSPS) is 12.3. The number of rotatable bonds is 7. The quantitative estimate of drug-likeness (QED) is 0.152. The van der Waals surface area contributed by atoms with E-state index in [1.165, 1.54) is 71.6 Å². The molecule has 1 aliphatic carbocycles. The summed E-state index contributed by atoms with van der Waals surface area (Å²) >= 11 is 0. The van der Waals surface area contributed by atoms with Crippen molar-refractivity contribution >= 4 is 38.3 Å². The Labute approximate surface area is 315 Å². The summed E-state index contributed by atoms with van der Waals surface area (Å²) in [5.74, 6) is 0.888. The number of hydrogen-bond acceptors (Lipinski definition) is 1. The first-order valence-corrected chi connectivity index (χ1v) is 18.5. The predicted octanol–water partition coefficient (Wildman–Crippen LogP) is 14.3. The van der Waals surface area contributed by atoms with Crippen LogP contribution in [0.1, 0.15) is 6.92 Å². The van der Waals surface area contributed by atoms with Gasteiger partial charge >= 0.3 is 0 Å². The van der Waals surface area contributed by atoms with E-state index in [2.05, 4.69) is 175 Å². The summed E-state index contributed by atoms with van der Waals surface area (Å²) in [7, 11) is 0. The second-order valence-electron chi connectivity index (χ2n) is 13.8. The molecule has 8 aromatic carbocycles. The number of imidazole rings is 1. The van der Waals surface area contributed by atoms with Gasteiger partial charge in [0.1, 0.15) is 5.82 Å². The maximum atomic E-state index is 5.18. The predicted molar refractivity (Wildman–Crippen MR) is 230 cm³/mol. The van der Waals surface area contributed by atoms with Crippen molar-refractivity contribution in [1.29, 1.82) is 0 Å². The van der Waals surface area contributed by atoms with Gasteiger partial charge in [-0.05, 0) is 114 Å². The molecule has 2 nitrogen and oxygen atoms in total. The third-order valence-electron chi connectivity index (χ3n) is 10.8. The third-order valence-corrected chi connectivity index (χ3v) is 10.8. The van der Waals surface area contributed by atoms with Crippen molar-refractivity contribution < 1.29 is 0 Å². The van der Waals surface area contributed by atoms with Gasteiger partial charge in [0.2, 0.25) is 0 Å². The Bertz CT molecular complexity index is 2900. The van der Waals surface area contributed by atoms with Crippen LogP contribution in [0, 0.1) is 0 Å². The lowest BCUT2D eigenvalue weighted by atomic mass is 9.82. The van der Waals surface area contributed by atoms with E-state index in [0.29, 0.717) is 0 Å². The molecule has 0 bridgehead atoms. The summed E-state index contributed by atoms with van der Waals surface area (Å²) in [6, 6.07) is 59.5. The van der Waals surface area contributed by atoms with Crippen molar-refractivity contribution in [2.75, 3.05) is 0 Å². The Morgan fingerprint density at radius 3 is 1.76 bits per heavy atom. The molecule has 2 heteroatoms. The maximum Gasteiger partial charge on any atom is 0.145 e. The minimum atomic E-state index is 0.888. The van der Waals surface area contributed by atoms with Crippen molar-refractivity contribution in [3.8, 4) is 67.0 Å². The second kappa shape index (κ2) is 12.9. The Hall–Kier alpha value is -7.03. The van der Waals surface area contributed by atoms with Crippen LogP contribution in [0.5, 0.6) is 0 Å². The van der Waals surface area contributed by atoms with Gasteiger partial charge in [0, 0.05) is 11.3 Å². The topological polar surface area (TPSA) is 17.8 Å². The van der Waals surface area contributed by atoms with Crippen LogP contribution in [0.3, 0.4) is 0 Å². The SMILES string of the molecule is C=C/C(=C\C=C/C)n1c(-c2cccc(-c3ccc4c5c(cccc35)-c3c-4c(-c4ccccc4)c4ccccc4c3-c3ccccc3)c2)nc2ccccc21. The van der Waals surface area contributed by atoms with Crippen molar-refractivity contribution in [2.45, 2.75) is 6.92 Å². The summed E-state index contributed by atoms with van der Waals surface area (Å²) in [4.78, 5) is 5.18. The van der Waals surface area contributed by atoms with Gasteiger partial charge in [-0.1, -0.05) is 164 Å². The van der Waals surface area contributed by atoms with Gasteiger partial charge < -0.3 is 0 Å². The Kier molecular flexibility index (Phi) is 7.56. The Morgan fingerprint density at radius 2 is 1.07 bits per heavy atom. The molecule has 0 fully saturated rings. The Balaban J connectivity index is 1.23. The highest BCUT2D eigenvalue weighted by Gasteiger charge is 2.31. The zero-order valence-electron chi connectivity index (χ0n) is 30.0. The van der Waals surface area contributed by atoms with Crippen LogP contribution < -0.4 is 0 Å². The van der Waals surface area contributed by atoms with E-state index in [1.807, 2.05) is 31.2 Å². The second-order valence-corrected chi connectivity index (χ2v) is 13.8. The zero-order chi connectivity index (χ0) is 36.2. The van der Waals surface area contributed by atoms with Crippen LogP contribution in [0.15, 0.2) is 195 Å². The van der Waals surface area contributed by atoms with E-state index in [1.54, 1.807) is 0 Å². The maximum absolute atomic E-state index is 5.18. The molecule has 254 valence electrons. The van der Waals surface area contributed by atoms with E-state index in [-0.39, 0.29) is 0 Å². The molecule has 1 aromatic heterocycles. The van der Waals surface area contributed by atoms with Gasteiger partial charge in [0.05, 0.1) is 11.0 Å². The first kappa shape index (κ1) is 31.7. The number of aromatic nitrogens is 2. The molecule has 10 rings (SSSR count). The van der Waals surface area contributed by atoms with Crippen molar-refractivity contribution in [3.05, 3.63) is 195 Å². The molecule has 0 radical (unpaired) electrons.